The van der Waals surface area contributed by atoms with E-state index in [1.807, 2.05) is 6.07 Å². The molecule has 0 spiro atoms. The maximum Gasteiger partial charge on any atom is 0.240 e. The fourth-order valence-electron chi connectivity index (χ4n) is 1.91. The van der Waals surface area contributed by atoms with Gasteiger partial charge in [-0.1, -0.05) is 12.8 Å². The third-order valence-electron chi connectivity index (χ3n) is 2.62. The molecule has 4 heteroatoms. The summed E-state index contributed by atoms with van der Waals surface area (Å²) in [5, 5.41) is 14.1. The molecule has 1 amide bonds. The minimum absolute atomic E-state index is 0.0141. The molecule has 0 atom stereocenters. The molecule has 0 radical (unpaired) electrons. The number of nitrogens with one attached hydrogen (secondary N) is 2. The number of nitrogens with zero attached hydrogens (tertiary/aromatic N) is 1. The predicted molar refractivity (Wildman–Crippen MR) is 48.9 cm³/mol. The highest BCUT2D eigenvalue weighted by molar-refractivity contribution is 5.86. The molecule has 72 valence electrons. The largest absolute Gasteiger partial charge is 0.358 e. The van der Waals surface area contributed by atoms with Crippen molar-refractivity contribution in [2.45, 2.75) is 31.2 Å². The molecule has 1 fully saturated rings. The van der Waals surface area contributed by atoms with E-state index in [9.17, 15) is 4.79 Å². The van der Waals surface area contributed by atoms with E-state index in [-0.39, 0.29) is 12.5 Å². The fraction of sp³-hybridized carbons (Fsp3) is 0.778. The van der Waals surface area contributed by atoms with E-state index in [0.29, 0.717) is 0 Å². The van der Waals surface area contributed by atoms with Crippen LogP contribution < -0.4 is 10.6 Å². The monoisotopic (exact) mass is 181 g/mol. The Morgan fingerprint density at radius 2 is 2.15 bits per heavy atom. The number of likely N-dealkylation sites (N-methyl/N-ethyl adjacent to an activating group) is 1. The van der Waals surface area contributed by atoms with E-state index in [2.05, 4.69) is 10.6 Å². The first-order chi connectivity index (χ1) is 6.25. The lowest BCUT2D eigenvalue weighted by molar-refractivity contribution is -0.126. The predicted octanol–water partition coefficient (Wildman–Crippen LogP) is 0.158. The summed E-state index contributed by atoms with van der Waals surface area (Å²) in [7, 11) is 1.64. The Morgan fingerprint density at radius 3 is 2.62 bits per heavy atom. The lowest BCUT2D eigenvalue weighted by atomic mass is 9.96. The third-order valence-corrected chi connectivity index (χ3v) is 2.62. The molecule has 4 nitrogen and oxygen atoms in total. The molecule has 0 bridgehead atoms. The molecule has 1 rings (SSSR count). The van der Waals surface area contributed by atoms with Gasteiger partial charge in [-0.05, 0) is 12.8 Å². The molecular weight excluding hydrogens is 166 g/mol. The summed E-state index contributed by atoms with van der Waals surface area (Å²) in [4.78, 5) is 11.6. The normalized spacial score (nSPS) is 19.4. The van der Waals surface area contributed by atoms with Gasteiger partial charge in [0.1, 0.15) is 0 Å². The molecule has 2 N–H and O–H groups in total. The first-order valence-corrected chi connectivity index (χ1v) is 4.59. The van der Waals surface area contributed by atoms with Crippen LogP contribution in [0.3, 0.4) is 0 Å². The summed E-state index contributed by atoms with van der Waals surface area (Å²) in [6, 6.07) is 2.01. The average molecular weight is 181 g/mol. The summed E-state index contributed by atoms with van der Waals surface area (Å²) in [5.74, 6) is 0.0141. The lowest BCUT2D eigenvalue weighted by Crippen LogP contribution is -2.54. The Balaban J connectivity index is 2.64. The zero-order valence-electron chi connectivity index (χ0n) is 7.89. The maximum atomic E-state index is 11.6. The Hall–Kier alpha value is -1.08. The Bertz CT molecular complexity index is 226. The van der Waals surface area contributed by atoms with Crippen LogP contribution in [-0.2, 0) is 4.79 Å². The first-order valence-electron chi connectivity index (χ1n) is 4.59. The third kappa shape index (κ3) is 1.99. The number of amides is 1. The summed E-state index contributed by atoms with van der Waals surface area (Å²) < 4.78 is 0. The number of nitriles is 1. The number of rotatable bonds is 3. The van der Waals surface area contributed by atoms with Gasteiger partial charge in [-0.3, -0.25) is 10.1 Å². The van der Waals surface area contributed by atoms with Crippen molar-refractivity contribution in [1.82, 2.24) is 10.6 Å². The second kappa shape index (κ2) is 4.24. The van der Waals surface area contributed by atoms with E-state index in [4.69, 9.17) is 5.26 Å². The highest BCUT2D eigenvalue weighted by Crippen LogP contribution is 2.29. The number of carbonyl (C=O) groups excluding carboxylic acids is 1. The second-order valence-electron chi connectivity index (χ2n) is 3.38. The van der Waals surface area contributed by atoms with Crippen LogP contribution in [0.5, 0.6) is 0 Å². The first kappa shape index (κ1) is 10.0. The van der Waals surface area contributed by atoms with E-state index >= 15 is 0 Å². The second-order valence-corrected chi connectivity index (χ2v) is 3.38. The van der Waals surface area contributed by atoms with Crippen molar-refractivity contribution in [2.75, 3.05) is 13.6 Å². The molecule has 0 unspecified atom stereocenters. The Kier molecular flexibility index (Phi) is 3.26. The van der Waals surface area contributed by atoms with Gasteiger partial charge in [0.25, 0.3) is 0 Å². The quantitative estimate of drug-likeness (QED) is 0.609. The SMILES string of the molecule is CNC(=O)C1(NCC#N)CCCC1. The van der Waals surface area contributed by atoms with Gasteiger partial charge in [0.15, 0.2) is 0 Å². The van der Waals surface area contributed by atoms with Crippen LogP contribution >= 0.6 is 0 Å². The minimum atomic E-state index is -0.468. The molecule has 0 saturated heterocycles. The van der Waals surface area contributed by atoms with Crippen LogP contribution in [0.4, 0.5) is 0 Å². The average Bonchev–Trinajstić information content (AvgIpc) is 2.63. The fourth-order valence-corrected chi connectivity index (χ4v) is 1.91. The molecule has 0 aromatic rings. The van der Waals surface area contributed by atoms with Crippen molar-refractivity contribution in [3.63, 3.8) is 0 Å². The highest BCUT2D eigenvalue weighted by atomic mass is 16.2. The van der Waals surface area contributed by atoms with Crippen LogP contribution in [-0.4, -0.2) is 25.0 Å². The van der Waals surface area contributed by atoms with Crippen LogP contribution in [0.1, 0.15) is 25.7 Å². The van der Waals surface area contributed by atoms with Gasteiger partial charge in [-0.15, -0.1) is 0 Å². The van der Waals surface area contributed by atoms with Crippen molar-refractivity contribution in [1.29, 1.82) is 5.26 Å². The van der Waals surface area contributed by atoms with Gasteiger partial charge in [-0.2, -0.15) is 5.26 Å². The van der Waals surface area contributed by atoms with Crippen molar-refractivity contribution in [3.05, 3.63) is 0 Å². The van der Waals surface area contributed by atoms with Crippen LogP contribution in [0.25, 0.3) is 0 Å². The van der Waals surface area contributed by atoms with Crippen molar-refractivity contribution >= 4 is 5.91 Å². The standard InChI is InChI=1S/C9H15N3O/c1-11-8(13)9(12-7-6-10)4-2-3-5-9/h12H,2-5,7H2,1H3,(H,11,13). The van der Waals surface area contributed by atoms with Gasteiger partial charge in [0, 0.05) is 7.05 Å². The zero-order valence-corrected chi connectivity index (χ0v) is 7.89. The number of hydrogen-bond donors (Lipinski definition) is 2. The van der Waals surface area contributed by atoms with E-state index in [1.165, 1.54) is 0 Å². The smallest absolute Gasteiger partial charge is 0.240 e. The van der Waals surface area contributed by atoms with Crippen LogP contribution in [0, 0.1) is 11.3 Å². The molecule has 0 heterocycles. The van der Waals surface area contributed by atoms with Crippen LogP contribution in [0.2, 0.25) is 0 Å². The van der Waals surface area contributed by atoms with E-state index in [0.717, 1.165) is 25.7 Å². The summed E-state index contributed by atoms with van der Waals surface area (Å²) in [6.45, 7) is 0.243. The molecular formula is C9H15N3O. The molecule has 0 aromatic heterocycles. The van der Waals surface area contributed by atoms with Gasteiger partial charge < -0.3 is 5.32 Å². The van der Waals surface area contributed by atoms with Crippen LogP contribution in [0.15, 0.2) is 0 Å². The summed E-state index contributed by atoms with van der Waals surface area (Å²) in [5.41, 5.74) is -0.468. The maximum absolute atomic E-state index is 11.6. The molecule has 1 aliphatic rings. The van der Waals surface area contributed by atoms with Crippen molar-refractivity contribution < 1.29 is 4.79 Å². The summed E-state index contributed by atoms with van der Waals surface area (Å²) in [6.07, 6.45) is 3.81. The van der Waals surface area contributed by atoms with Gasteiger partial charge in [0.2, 0.25) is 5.91 Å². The van der Waals surface area contributed by atoms with Crippen molar-refractivity contribution in [3.8, 4) is 6.07 Å². The van der Waals surface area contributed by atoms with Gasteiger partial charge >= 0.3 is 0 Å². The van der Waals surface area contributed by atoms with E-state index in [1.54, 1.807) is 7.05 Å². The lowest BCUT2D eigenvalue weighted by Gasteiger charge is -2.26. The highest BCUT2D eigenvalue weighted by Gasteiger charge is 2.39. The summed E-state index contributed by atoms with van der Waals surface area (Å²) >= 11 is 0. The molecule has 0 aliphatic heterocycles. The van der Waals surface area contributed by atoms with Gasteiger partial charge in [0.05, 0.1) is 18.2 Å². The molecule has 1 aliphatic carbocycles. The van der Waals surface area contributed by atoms with E-state index < -0.39 is 5.54 Å². The molecule has 1 saturated carbocycles. The number of carbonyl (C=O) groups is 1. The Labute approximate surface area is 78.3 Å². The minimum Gasteiger partial charge on any atom is -0.358 e. The Morgan fingerprint density at radius 1 is 1.54 bits per heavy atom. The van der Waals surface area contributed by atoms with Crippen molar-refractivity contribution in [2.24, 2.45) is 0 Å². The topological polar surface area (TPSA) is 64.9 Å². The molecule has 13 heavy (non-hydrogen) atoms. The zero-order chi connectivity index (χ0) is 9.73. The van der Waals surface area contributed by atoms with Gasteiger partial charge in [-0.25, -0.2) is 0 Å². The molecule has 0 aromatic carbocycles. The number of hydrogen-bond acceptors (Lipinski definition) is 3.